The Balaban J connectivity index is 1.72. The van der Waals surface area contributed by atoms with Gasteiger partial charge >= 0.3 is 5.97 Å². The molecular formula is C28H17NO4. The van der Waals surface area contributed by atoms with Gasteiger partial charge in [-0.15, -0.1) is 0 Å². The second-order valence-corrected chi connectivity index (χ2v) is 8.86. The zero-order valence-electron chi connectivity index (χ0n) is 17.4. The van der Waals surface area contributed by atoms with Gasteiger partial charge in [0.15, 0.2) is 0 Å². The van der Waals surface area contributed by atoms with Crippen molar-refractivity contribution in [1.29, 1.82) is 0 Å². The van der Waals surface area contributed by atoms with Crippen LogP contribution in [0.15, 0.2) is 72.8 Å². The minimum atomic E-state index is -1.19. The number of hydrogen-bond donors (Lipinski definition) is 1. The number of hydrogen-bond acceptors (Lipinski definition) is 3. The molecule has 33 heavy (non-hydrogen) atoms. The van der Waals surface area contributed by atoms with Crippen LogP contribution in [0.2, 0.25) is 0 Å². The lowest BCUT2D eigenvalue weighted by molar-refractivity contribution is -0.148. The lowest BCUT2D eigenvalue weighted by Crippen LogP contribution is -2.35. The van der Waals surface area contributed by atoms with E-state index in [1.807, 2.05) is 48.5 Å². The van der Waals surface area contributed by atoms with Crippen LogP contribution in [0.1, 0.15) is 23.0 Å². The highest BCUT2D eigenvalue weighted by molar-refractivity contribution is 6.29. The molecular weight excluding hydrogens is 414 g/mol. The number of carboxylic acids is 1. The third kappa shape index (κ3) is 2.19. The molecule has 2 atom stereocenters. The van der Waals surface area contributed by atoms with Crippen molar-refractivity contribution in [3.8, 4) is 0 Å². The van der Waals surface area contributed by atoms with Gasteiger partial charge in [-0.25, -0.2) is 0 Å². The number of fused-ring (bicyclic) bond motifs is 2. The Morgan fingerprint density at radius 2 is 1.12 bits per heavy atom. The number of imide groups is 1. The number of benzene rings is 5. The standard InChI is InChI=1S/C28H17NO4/c30-20(31)13-29-27(32)25-23-19-12-10-15-6-2-4-8-17(15)22(19)24(26(25)28(29)33)18-11-9-14-5-1-3-7-16(14)21(18)23/h1-12,25-26H,13H2,(H,30,31). The number of nitrogens with zero attached hydrogens (tertiary/aromatic N) is 1. The summed E-state index contributed by atoms with van der Waals surface area (Å²) in [5, 5.41) is 17.5. The highest BCUT2D eigenvalue weighted by Crippen LogP contribution is 2.57. The minimum Gasteiger partial charge on any atom is -0.480 e. The molecule has 1 heterocycles. The lowest BCUT2D eigenvalue weighted by Gasteiger charge is -2.31. The molecule has 1 fully saturated rings. The molecule has 2 bridgehead atoms. The van der Waals surface area contributed by atoms with Crippen molar-refractivity contribution in [2.75, 3.05) is 6.54 Å². The van der Waals surface area contributed by atoms with Crippen LogP contribution >= 0.6 is 0 Å². The summed E-state index contributed by atoms with van der Waals surface area (Å²) < 4.78 is 0. The Bertz CT molecular complexity index is 1610. The van der Waals surface area contributed by atoms with Gasteiger partial charge in [0.1, 0.15) is 6.54 Å². The van der Waals surface area contributed by atoms with Crippen LogP contribution in [0.5, 0.6) is 0 Å². The van der Waals surface area contributed by atoms with Crippen molar-refractivity contribution in [1.82, 2.24) is 4.90 Å². The molecule has 2 aliphatic carbocycles. The monoisotopic (exact) mass is 431 g/mol. The summed E-state index contributed by atoms with van der Waals surface area (Å²) in [5.41, 5.74) is 1.68. The second-order valence-electron chi connectivity index (χ2n) is 8.86. The average Bonchev–Trinajstić information content (AvgIpc) is 3.08. The van der Waals surface area contributed by atoms with Gasteiger partial charge in [0, 0.05) is 0 Å². The Morgan fingerprint density at radius 3 is 1.58 bits per heavy atom. The molecule has 8 rings (SSSR count). The summed E-state index contributed by atoms with van der Waals surface area (Å²) in [6, 6.07) is 24.3. The van der Waals surface area contributed by atoms with Gasteiger partial charge in [-0.2, -0.15) is 0 Å². The Morgan fingerprint density at radius 1 is 0.667 bits per heavy atom. The SMILES string of the molecule is O=C(O)CN1C(=O)C2c3c4ccc5ccccc5c4c(c4ccc5ccccc5c34)C2C1=O. The molecule has 0 radical (unpaired) electrons. The maximum Gasteiger partial charge on any atom is 0.323 e. The molecule has 5 heteroatoms. The first-order chi connectivity index (χ1) is 16.1. The van der Waals surface area contributed by atoms with E-state index in [0.717, 1.165) is 59.1 Å². The minimum absolute atomic E-state index is 0.419. The fourth-order valence-corrected chi connectivity index (χ4v) is 6.09. The number of amides is 2. The topological polar surface area (TPSA) is 74.7 Å². The van der Waals surface area contributed by atoms with E-state index in [9.17, 15) is 19.5 Å². The fourth-order valence-electron chi connectivity index (χ4n) is 6.09. The largest absolute Gasteiger partial charge is 0.480 e. The number of rotatable bonds is 2. The summed E-state index contributed by atoms with van der Waals surface area (Å²) in [4.78, 5) is 39.4. The molecule has 1 saturated heterocycles. The van der Waals surface area contributed by atoms with E-state index in [0.29, 0.717) is 0 Å². The van der Waals surface area contributed by atoms with E-state index in [2.05, 4.69) is 24.3 Å². The van der Waals surface area contributed by atoms with Crippen molar-refractivity contribution >= 4 is 60.9 Å². The van der Waals surface area contributed by atoms with Gasteiger partial charge in [-0.05, 0) is 54.2 Å². The summed E-state index contributed by atoms with van der Waals surface area (Å²) in [6.45, 7) is -0.612. The fraction of sp³-hybridized carbons (Fsp3) is 0.107. The third-order valence-corrected chi connectivity index (χ3v) is 7.29. The summed E-state index contributed by atoms with van der Waals surface area (Å²) in [6.07, 6.45) is 0. The van der Waals surface area contributed by atoms with Gasteiger partial charge in [0.05, 0.1) is 11.8 Å². The average molecular weight is 431 g/mol. The second kappa shape index (κ2) is 6.17. The van der Waals surface area contributed by atoms with Crippen molar-refractivity contribution in [3.05, 3.63) is 83.9 Å². The van der Waals surface area contributed by atoms with Gasteiger partial charge < -0.3 is 5.11 Å². The zero-order valence-corrected chi connectivity index (χ0v) is 17.4. The number of likely N-dealkylation sites (tertiary alicyclic amines) is 1. The molecule has 3 aliphatic rings. The van der Waals surface area contributed by atoms with Crippen LogP contribution in [-0.2, 0) is 14.4 Å². The van der Waals surface area contributed by atoms with Crippen molar-refractivity contribution in [2.45, 2.75) is 11.8 Å². The smallest absolute Gasteiger partial charge is 0.323 e. The maximum absolute atomic E-state index is 13.5. The Labute approximate surface area is 187 Å². The molecule has 0 spiro atoms. The number of carbonyl (C=O) groups excluding carboxylic acids is 2. The van der Waals surface area contributed by atoms with Crippen LogP contribution in [0, 0.1) is 0 Å². The molecule has 2 amide bonds. The highest BCUT2D eigenvalue weighted by atomic mass is 16.4. The molecule has 1 aliphatic heterocycles. The van der Waals surface area contributed by atoms with Crippen molar-refractivity contribution in [2.24, 2.45) is 0 Å². The van der Waals surface area contributed by atoms with Crippen LogP contribution < -0.4 is 0 Å². The molecule has 0 aromatic heterocycles. The summed E-state index contributed by atoms with van der Waals surface area (Å²) in [7, 11) is 0. The Kier molecular flexibility index (Phi) is 3.43. The zero-order chi connectivity index (χ0) is 22.4. The molecule has 5 aromatic rings. The van der Waals surface area contributed by atoms with Crippen LogP contribution in [0.3, 0.4) is 0 Å². The number of aliphatic carboxylic acids is 1. The van der Waals surface area contributed by atoms with E-state index in [1.54, 1.807) is 0 Å². The third-order valence-electron chi connectivity index (χ3n) is 7.29. The van der Waals surface area contributed by atoms with E-state index in [-0.39, 0.29) is 0 Å². The van der Waals surface area contributed by atoms with E-state index in [1.165, 1.54) is 0 Å². The molecule has 1 N–H and O–H groups in total. The van der Waals surface area contributed by atoms with Crippen molar-refractivity contribution < 1.29 is 19.5 Å². The van der Waals surface area contributed by atoms with Crippen LogP contribution in [0.25, 0.3) is 43.1 Å². The molecule has 2 unspecified atom stereocenters. The quantitative estimate of drug-likeness (QED) is 0.244. The Hall–Kier alpha value is -4.25. The number of carboxylic acid groups (broad SMARTS) is 1. The molecule has 5 aromatic carbocycles. The molecule has 158 valence electrons. The first-order valence-corrected chi connectivity index (χ1v) is 10.9. The van der Waals surface area contributed by atoms with Crippen molar-refractivity contribution in [3.63, 3.8) is 0 Å². The number of carbonyl (C=O) groups is 3. The predicted octanol–water partition coefficient (Wildman–Crippen LogP) is 4.93. The van der Waals surface area contributed by atoms with E-state index in [4.69, 9.17) is 0 Å². The lowest BCUT2D eigenvalue weighted by atomic mass is 9.68. The normalized spacial score (nSPS) is 19.3. The first kappa shape index (κ1) is 18.3. The van der Waals surface area contributed by atoms with Crippen LogP contribution in [-0.4, -0.2) is 34.3 Å². The predicted molar refractivity (Wildman–Crippen MR) is 126 cm³/mol. The van der Waals surface area contributed by atoms with Gasteiger partial charge in [0.25, 0.3) is 0 Å². The maximum atomic E-state index is 13.5. The van der Waals surface area contributed by atoms with Gasteiger partial charge in [-0.3, -0.25) is 19.3 Å². The van der Waals surface area contributed by atoms with Gasteiger partial charge in [-0.1, -0.05) is 72.8 Å². The molecule has 0 saturated carbocycles. The first-order valence-electron chi connectivity index (χ1n) is 10.9. The van der Waals surface area contributed by atoms with Gasteiger partial charge in [0.2, 0.25) is 11.8 Å². The highest BCUT2D eigenvalue weighted by Gasteiger charge is 2.54. The van der Waals surface area contributed by atoms with E-state index >= 15 is 0 Å². The summed E-state index contributed by atoms with van der Waals surface area (Å²) >= 11 is 0. The summed E-state index contributed by atoms with van der Waals surface area (Å²) in [5.74, 6) is -3.42. The van der Waals surface area contributed by atoms with Crippen LogP contribution in [0.4, 0.5) is 0 Å². The van der Waals surface area contributed by atoms with E-state index < -0.39 is 36.2 Å². The molecule has 5 nitrogen and oxygen atoms in total.